The minimum atomic E-state index is -0.876. The summed E-state index contributed by atoms with van der Waals surface area (Å²) in [5, 5.41) is 10.9. The molecule has 0 bridgehead atoms. The Morgan fingerprint density at radius 3 is 2.58 bits per heavy atom. The van der Waals surface area contributed by atoms with Crippen molar-refractivity contribution in [1.29, 1.82) is 0 Å². The van der Waals surface area contributed by atoms with Crippen LogP contribution in [0.3, 0.4) is 0 Å². The molecule has 1 fully saturated rings. The molecule has 4 heteroatoms. The Hall–Kier alpha value is -1.06. The third-order valence-electron chi connectivity index (χ3n) is 2.08. The summed E-state index contributed by atoms with van der Waals surface area (Å²) in [6.07, 6.45) is 0.950. The van der Waals surface area contributed by atoms with Crippen LogP contribution in [0, 0.1) is 11.8 Å². The number of rotatable bonds is 4. The van der Waals surface area contributed by atoms with E-state index in [1.54, 1.807) is 0 Å². The third-order valence-corrected chi connectivity index (χ3v) is 2.08. The van der Waals surface area contributed by atoms with Gasteiger partial charge in [-0.2, -0.15) is 0 Å². The van der Waals surface area contributed by atoms with Crippen molar-refractivity contribution in [3.8, 4) is 0 Å². The zero-order valence-corrected chi connectivity index (χ0v) is 7.04. The van der Waals surface area contributed by atoms with E-state index in [0.717, 1.165) is 6.42 Å². The lowest BCUT2D eigenvalue weighted by Crippen LogP contribution is -2.27. The molecular weight excluding hydrogens is 158 g/mol. The number of carbonyl (C=O) groups excluding carboxylic acids is 1. The zero-order valence-electron chi connectivity index (χ0n) is 7.04. The summed E-state index contributed by atoms with van der Waals surface area (Å²) in [5.41, 5.74) is 0. The van der Waals surface area contributed by atoms with Gasteiger partial charge in [0.1, 0.15) is 0 Å². The highest BCUT2D eigenvalue weighted by Gasteiger charge is 2.38. The van der Waals surface area contributed by atoms with E-state index < -0.39 is 5.97 Å². The molecule has 0 unspecified atom stereocenters. The third kappa shape index (κ3) is 2.53. The predicted octanol–water partition coefficient (Wildman–Crippen LogP) is 0.233. The summed E-state index contributed by atoms with van der Waals surface area (Å²) in [6, 6.07) is 0. The van der Waals surface area contributed by atoms with Gasteiger partial charge in [0.25, 0.3) is 0 Å². The molecule has 1 aliphatic carbocycles. The molecule has 12 heavy (non-hydrogen) atoms. The van der Waals surface area contributed by atoms with E-state index >= 15 is 0 Å². The van der Waals surface area contributed by atoms with Gasteiger partial charge in [-0.15, -0.1) is 0 Å². The summed E-state index contributed by atoms with van der Waals surface area (Å²) < 4.78 is 0. The fourth-order valence-corrected chi connectivity index (χ4v) is 1.11. The number of nitrogens with one attached hydrogen (secondary N) is 1. The molecule has 68 valence electrons. The molecule has 2 N–H and O–H groups in total. The minimum absolute atomic E-state index is 0.00347. The molecule has 0 saturated heterocycles. The van der Waals surface area contributed by atoms with Crippen molar-refractivity contribution >= 4 is 11.9 Å². The number of carboxylic acid groups (broad SMARTS) is 1. The van der Waals surface area contributed by atoms with E-state index in [1.807, 2.05) is 6.92 Å². The van der Waals surface area contributed by atoms with Crippen molar-refractivity contribution in [1.82, 2.24) is 5.32 Å². The molecule has 1 amide bonds. The van der Waals surface area contributed by atoms with E-state index in [-0.39, 0.29) is 24.8 Å². The Morgan fingerprint density at radius 2 is 2.17 bits per heavy atom. The Morgan fingerprint density at radius 1 is 1.58 bits per heavy atom. The molecule has 1 saturated carbocycles. The highest BCUT2D eigenvalue weighted by Crippen LogP contribution is 2.37. The number of hydrogen-bond donors (Lipinski definition) is 2. The molecule has 4 nitrogen and oxygen atoms in total. The molecule has 0 aromatic heterocycles. The number of amides is 1. The van der Waals surface area contributed by atoms with Crippen LogP contribution in [0.4, 0.5) is 0 Å². The van der Waals surface area contributed by atoms with E-state index in [1.165, 1.54) is 0 Å². The van der Waals surface area contributed by atoms with Gasteiger partial charge >= 0.3 is 5.97 Å². The monoisotopic (exact) mass is 171 g/mol. The van der Waals surface area contributed by atoms with Crippen molar-refractivity contribution < 1.29 is 14.7 Å². The van der Waals surface area contributed by atoms with E-state index in [9.17, 15) is 9.59 Å². The SMILES string of the molecule is C[C@@H]1C[C@@H]1C(=O)NCCC(=O)O. The van der Waals surface area contributed by atoms with Crippen molar-refractivity contribution in [2.24, 2.45) is 11.8 Å². The summed E-state index contributed by atoms with van der Waals surface area (Å²) in [4.78, 5) is 21.2. The molecule has 0 radical (unpaired) electrons. The molecule has 0 spiro atoms. The van der Waals surface area contributed by atoms with Crippen LogP contribution < -0.4 is 5.32 Å². The maximum atomic E-state index is 11.1. The molecule has 0 aliphatic heterocycles. The van der Waals surface area contributed by atoms with Gasteiger partial charge in [-0.3, -0.25) is 9.59 Å². The van der Waals surface area contributed by atoms with Crippen LogP contribution in [0.2, 0.25) is 0 Å². The zero-order chi connectivity index (χ0) is 9.14. The molecule has 1 rings (SSSR count). The molecule has 1 aliphatic rings. The van der Waals surface area contributed by atoms with Gasteiger partial charge in [0, 0.05) is 12.5 Å². The van der Waals surface area contributed by atoms with E-state index in [2.05, 4.69) is 5.32 Å². The second-order valence-electron chi connectivity index (χ2n) is 3.25. The van der Waals surface area contributed by atoms with Gasteiger partial charge in [0.15, 0.2) is 0 Å². The smallest absolute Gasteiger partial charge is 0.305 e. The molecule has 0 aromatic carbocycles. The Labute approximate surface area is 71.0 Å². The Balaban J connectivity index is 2.07. The summed E-state index contributed by atoms with van der Waals surface area (Å²) in [5.74, 6) is -0.253. The lowest BCUT2D eigenvalue weighted by molar-refractivity contribution is -0.136. The largest absolute Gasteiger partial charge is 0.481 e. The normalized spacial score (nSPS) is 26.4. The van der Waals surface area contributed by atoms with Crippen LogP contribution in [-0.4, -0.2) is 23.5 Å². The van der Waals surface area contributed by atoms with E-state index in [0.29, 0.717) is 5.92 Å². The van der Waals surface area contributed by atoms with Crippen LogP contribution in [0.1, 0.15) is 19.8 Å². The Bertz CT molecular complexity index is 202. The van der Waals surface area contributed by atoms with Crippen LogP contribution in [0.15, 0.2) is 0 Å². The second-order valence-corrected chi connectivity index (χ2v) is 3.25. The predicted molar refractivity (Wildman–Crippen MR) is 42.5 cm³/mol. The fourth-order valence-electron chi connectivity index (χ4n) is 1.11. The van der Waals surface area contributed by atoms with Gasteiger partial charge < -0.3 is 10.4 Å². The summed E-state index contributed by atoms with van der Waals surface area (Å²) in [7, 11) is 0. The number of carboxylic acids is 1. The van der Waals surface area contributed by atoms with Gasteiger partial charge in [0.2, 0.25) is 5.91 Å². The first-order chi connectivity index (χ1) is 5.61. The van der Waals surface area contributed by atoms with Crippen LogP contribution in [0.5, 0.6) is 0 Å². The summed E-state index contributed by atoms with van der Waals surface area (Å²) in [6.45, 7) is 2.26. The molecule has 2 atom stereocenters. The Kier molecular flexibility index (Phi) is 2.68. The maximum absolute atomic E-state index is 11.1. The standard InChI is InChI=1S/C8H13NO3/c1-5-4-6(5)8(12)9-3-2-7(10)11/h5-6H,2-4H2,1H3,(H,9,12)(H,10,11)/t5-,6+/m1/s1. The topological polar surface area (TPSA) is 66.4 Å². The first-order valence-corrected chi connectivity index (χ1v) is 4.10. The fraction of sp³-hybridized carbons (Fsp3) is 0.750. The molecular formula is C8H13NO3. The number of carbonyl (C=O) groups is 2. The first-order valence-electron chi connectivity index (χ1n) is 4.10. The van der Waals surface area contributed by atoms with Gasteiger partial charge in [-0.25, -0.2) is 0 Å². The lowest BCUT2D eigenvalue weighted by Gasteiger charge is -2.00. The molecule has 0 heterocycles. The van der Waals surface area contributed by atoms with Crippen molar-refractivity contribution in [2.45, 2.75) is 19.8 Å². The minimum Gasteiger partial charge on any atom is -0.481 e. The number of aliphatic carboxylic acids is 1. The lowest BCUT2D eigenvalue weighted by atomic mass is 10.3. The van der Waals surface area contributed by atoms with Crippen LogP contribution in [-0.2, 0) is 9.59 Å². The average Bonchev–Trinajstić information content (AvgIpc) is 2.66. The maximum Gasteiger partial charge on any atom is 0.305 e. The van der Waals surface area contributed by atoms with Crippen LogP contribution in [0.25, 0.3) is 0 Å². The van der Waals surface area contributed by atoms with Crippen molar-refractivity contribution in [2.75, 3.05) is 6.54 Å². The molecule has 0 aromatic rings. The number of hydrogen-bond acceptors (Lipinski definition) is 2. The average molecular weight is 171 g/mol. The highest BCUT2D eigenvalue weighted by atomic mass is 16.4. The highest BCUT2D eigenvalue weighted by molar-refractivity contribution is 5.81. The van der Waals surface area contributed by atoms with Gasteiger partial charge in [-0.05, 0) is 12.3 Å². The summed E-state index contributed by atoms with van der Waals surface area (Å²) >= 11 is 0. The second kappa shape index (κ2) is 3.56. The van der Waals surface area contributed by atoms with Crippen LogP contribution >= 0.6 is 0 Å². The van der Waals surface area contributed by atoms with Crippen molar-refractivity contribution in [3.63, 3.8) is 0 Å². The van der Waals surface area contributed by atoms with Gasteiger partial charge in [-0.1, -0.05) is 6.92 Å². The quantitative estimate of drug-likeness (QED) is 0.636. The van der Waals surface area contributed by atoms with E-state index in [4.69, 9.17) is 5.11 Å². The first kappa shape index (κ1) is 9.03. The van der Waals surface area contributed by atoms with Crippen molar-refractivity contribution in [3.05, 3.63) is 0 Å². The van der Waals surface area contributed by atoms with Gasteiger partial charge in [0.05, 0.1) is 6.42 Å².